The molecule has 1 aromatic heterocycles. The van der Waals surface area contributed by atoms with Crippen molar-refractivity contribution in [3.63, 3.8) is 0 Å². The van der Waals surface area contributed by atoms with Crippen LogP contribution in [-0.4, -0.2) is 49.2 Å². The fraction of sp³-hybridized carbons (Fsp3) is 0.611. The van der Waals surface area contributed by atoms with Crippen LogP contribution in [0, 0.1) is 17.3 Å². The number of aromatic nitrogens is 1. The summed E-state index contributed by atoms with van der Waals surface area (Å²) in [6.07, 6.45) is 4.66. The van der Waals surface area contributed by atoms with Crippen LogP contribution in [0.15, 0.2) is 12.3 Å². The van der Waals surface area contributed by atoms with E-state index in [1.165, 1.54) is 0 Å². The number of aliphatic hydroxyl groups is 1. The first-order chi connectivity index (χ1) is 11.8. The lowest BCUT2D eigenvalue weighted by atomic mass is 9.81. The molecule has 0 saturated carbocycles. The van der Waals surface area contributed by atoms with Gasteiger partial charge in [-0.1, -0.05) is 30.4 Å². The van der Waals surface area contributed by atoms with Gasteiger partial charge in [0.05, 0.1) is 17.0 Å². The third-order valence-electron chi connectivity index (χ3n) is 5.24. The van der Waals surface area contributed by atoms with Gasteiger partial charge in [0.25, 0.3) is 0 Å². The van der Waals surface area contributed by atoms with E-state index in [1.807, 2.05) is 0 Å². The number of aliphatic hydroxyl groups excluding tert-OH is 1. The molecule has 0 aliphatic carbocycles. The van der Waals surface area contributed by atoms with E-state index in [-0.39, 0.29) is 17.8 Å². The van der Waals surface area contributed by atoms with Gasteiger partial charge in [0.2, 0.25) is 0 Å². The summed E-state index contributed by atoms with van der Waals surface area (Å²) in [5.74, 6) is 6.18. The Morgan fingerprint density at radius 1 is 1.44 bits per heavy atom. The molecule has 0 spiro atoms. The number of nitrogens with zero attached hydrogens (tertiary/aromatic N) is 2. The summed E-state index contributed by atoms with van der Waals surface area (Å²) in [5, 5.41) is 9.35. The van der Waals surface area contributed by atoms with Crippen LogP contribution in [0.5, 0.6) is 0 Å². The SMILES string of the molecule is CC1(CO)CCN(c2cc(Cl)ncc2C#CC2CCCS2(=O)=O)CC1. The van der Waals surface area contributed by atoms with E-state index in [4.69, 9.17) is 11.6 Å². The summed E-state index contributed by atoms with van der Waals surface area (Å²) in [6.45, 7) is 3.88. The number of halogens is 1. The van der Waals surface area contributed by atoms with E-state index in [0.29, 0.717) is 23.6 Å². The summed E-state index contributed by atoms with van der Waals surface area (Å²) in [6, 6.07) is 1.79. The van der Waals surface area contributed by atoms with Crippen LogP contribution in [-0.2, 0) is 9.84 Å². The van der Waals surface area contributed by atoms with Gasteiger partial charge < -0.3 is 10.0 Å². The second kappa shape index (κ2) is 7.14. The van der Waals surface area contributed by atoms with Crippen molar-refractivity contribution in [1.82, 2.24) is 4.98 Å². The Labute approximate surface area is 154 Å². The van der Waals surface area contributed by atoms with E-state index in [2.05, 4.69) is 28.6 Å². The maximum atomic E-state index is 12.0. The molecule has 0 radical (unpaired) electrons. The molecule has 3 rings (SSSR count). The Morgan fingerprint density at radius 2 is 2.16 bits per heavy atom. The van der Waals surface area contributed by atoms with E-state index in [0.717, 1.165) is 31.6 Å². The lowest BCUT2D eigenvalue weighted by molar-refractivity contribution is 0.115. The molecule has 2 saturated heterocycles. The molecule has 5 nitrogen and oxygen atoms in total. The number of rotatable bonds is 2. The maximum absolute atomic E-state index is 12.0. The molecule has 0 aromatic carbocycles. The van der Waals surface area contributed by atoms with E-state index in [9.17, 15) is 13.5 Å². The van der Waals surface area contributed by atoms with Crippen molar-refractivity contribution in [3.8, 4) is 11.8 Å². The zero-order valence-corrected chi connectivity index (χ0v) is 15.9. The van der Waals surface area contributed by atoms with Gasteiger partial charge in [0.1, 0.15) is 10.4 Å². The van der Waals surface area contributed by atoms with Crippen LogP contribution in [0.1, 0.15) is 38.2 Å². The Morgan fingerprint density at radius 3 is 2.76 bits per heavy atom. The van der Waals surface area contributed by atoms with Crippen LogP contribution in [0.2, 0.25) is 5.15 Å². The lowest BCUT2D eigenvalue weighted by Gasteiger charge is -2.39. The first kappa shape index (κ1) is 18.5. The summed E-state index contributed by atoms with van der Waals surface area (Å²) >= 11 is 6.07. The van der Waals surface area contributed by atoms with Gasteiger partial charge in [-0.25, -0.2) is 13.4 Å². The monoisotopic (exact) mass is 382 g/mol. The van der Waals surface area contributed by atoms with Crippen molar-refractivity contribution >= 4 is 27.1 Å². The Hall–Kier alpha value is -1.29. The van der Waals surface area contributed by atoms with Crippen molar-refractivity contribution in [2.45, 2.75) is 37.9 Å². The molecule has 3 heterocycles. The number of piperidine rings is 1. The van der Waals surface area contributed by atoms with Crippen molar-refractivity contribution in [2.24, 2.45) is 5.41 Å². The van der Waals surface area contributed by atoms with Crippen LogP contribution in [0.4, 0.5) is 5.69 Å². The minimum atomic E-state index is -3.08. The van der Waals surface area contributed by atoms with Gasteiger partial charge >= 0.3 is 0 Å². The standard InChI is InChI=1S/C18H23ClN2O3S/c1-18(13-22)6-8-21(9-7-18)16-11-17(19)20-12-14(16)4-5-15-3-2-10-25(15,23)24/h11-12,15,22H,2-3,6-10,13H2,1H3. The average Bonchev–Trinajstić information content (AvgIpc) is 2.93. The van der Waals surface area contributed by atoms with Gasteiger partial charge in [-0.05, 0) is 31.1 Å². The maximum Gasteiger partial charge on any atom is 0.164 e. The molecular weight excluding hydrogens is 360 g/mol. The molecule has 25 heavy (non-hydrogen) atoms. The van der Waals surface area contributed by atoms with E-state index >= 15 is 0 Å². The highest BCUT2D eigenvalue weighted by Gasteiger charge is 2.31. The second-order valence-electron chi connectivity index (χ2n) is 7.25. The first-order valence-corrected chi connectivity index (χ1v) is 10.7. The predicted molar refractivity (Wildman–Crippen MR) is 99.6 cm³/mol. The molecule has 2 aliphatic rings. The fourth-order valence-electron chi connectivity index (χ4n) is 3.34. The second-order valence-corrected chi connectivity index (χ2v) is 9.94. The molecular formula is C18H23ClN2O3S. The van der Waals surface area contributed by atoms with Crippen molar-refractivity contribution in [3.05, 3.63) is 23.0 Å². The zero-order chi connectivity index (χ0) is 18.1. The molecule has 2 aliphatic heterocycles. The largest absolute Gasteiger partial charge is 0.396 e. The Kier molecular flexibility index (Phi) is 5.29. The molecule has 136 valence electrons. The molecule has 1 N–H and O–H groups in total. The fourth-order valence-corrected chi connectivity index (χ4v) is 5.11. The Balaban J connectivity index is 1.85. The quantitative estimate of drug-likeness (QED) is 0.627. The Bertz CT molecular complexity index is 805. The first-order valence-electron chi connectivity index (χ1n) is 8.57. The normalized spacial score (nSPS) is 24.6. The minimum absolute atomic E-state index is 0.0446. The number of pyridine rings is 1. The van der Waals surface area contributed by atoms with Crippen LogP contribution in [0.25, 0.3) is 0 Å². The van der Waals surface area contributed by atoms with Gasteiger partial charge in [-0.2, -0.15) is 0 Å². The average molecular weight is 383 g/mol. The smallest absolute Gasteiger partial charge is 0.164 e. The van der Waals surface area contributed by atoms with Gasteiger partial charge in [-0.15, -0.1) is 0 Å². The van der Waals surface area contributed by atoms with Crippen molar-refractivity contribution in [1.29, 1.82) is 0 Å². The molecule has 0 bridgehead atoms. The van der Waals surface area contributed by atoms with Crippen LogP contribution in [0.3, 0.4) is 0 Å². The number of sulfone groups is 1. The topological polar surface area (TPSA) is 70.5 Å². The molecule has 1 unspecified atom stereocenters. The molecule has 2 fully saturated rings. The van der Waals surface area contributed by atoms with Gasteiger partial charge in [0, 0.05) is 32.0 Å². The molecule has 0 amide bonds. The molecule has 7 heteroatoms. The summed E-state index contributed by atoms with van der Waals surface area (Å²) < 4.78 is 23.9. The van der Waals surface area contributed by atoms with Crippen LogP contribution < -0.4 is 4.90 Å². The van der Waals surface area contributed by atoms with Gasteiger partial charge in [-0.3, -0.25) is 0 Å². The van der Waals surface area contributed by atoms with E-state index in [1.54, 1.807) is 12.3 Å². The minimum Gasteiger partial charge on any atom is -0.396 e. The zero-order valence-electron chi connectivity index (χ0n) is 14.3. The molecule has 1 atom stereocenters. The van der Waals surface area contributed by atoms with E-state index < -0.39 is 15.1 Å². The lowest BCUT2D eigenvalue weighted by Crippen LogP contribution is -2.40. The summed E-state index contributed by atoms with van der Waals surface area (Å²) in [4.78, 5) is 6.30. The third-order valence-corrected chi connectivity index (χ3v) is 7.52. The highest BCUT2D eigenvalue weighted by atomic mass is 35.5. The van der Waals surface area contributed by atoms with Gasteiger partial charge in [0.15, 0.2) is 9.84 Å². The number of anilines is 1. The summed E-state index contributed by atoms with van der Waals surface area (Å²) in [7, 11) is -3.08. The van der Waals surface area contributed by atoms with Crippen LogP contribution >= 0.6 is 11.6 Å². The van der Waals surface area contributed by atoms with Crippen molar-refractivity contribution in [2.75, 3.05) is 30.3 Å². The summed E-state index contributed by atoms with van der Waals surface area (Å²) in [5.41, 5.74) is 1.55. The third kappa shape index (κ3) is 4.11. The van der Waals surface area contributed by atoms with Crippen molar-refractivity contribution < 1.29 is 13.5 Å². The predicted octanol–water partition coefficient (Wildman–Crippen LogP) is 2.26. The molecule has 1 aromatic rings. The highest BCUT2D eigenvalue weighted by Crippen LogP contribution is 2.34. The number of hydrogen-bond acceptors (Lipinski definition) is 5. The number of hydrogen-bond donors (Lipinski definition) is 1. The highest BCUT2D eigenvalue weighted by molar-refractivity contribution is 7.92.